The summed E-state index contributed by atoms with van der Waals surface area (Å²) in [5.74, 6) is 0.201. The Hall–Kier alpha value is -0.890. The van der Waals surface area contributed by atoms with Crippen LogP contribution in [-0.4, -0.2) is 5.78 Å². The second-order valence-corrected chi connectivity index (χ2v) is 4.33. The van der Waals surface area contributed by atoms with Gasteiger partial charge in [0.2, 0.25) is 0 Å². The van der Waals surface area contributed by atoms with Gasteiger partial charge < -0.3 is 0 Å². The second kappa shape index (κ2) is 5.86. The van der Waals surface area contributed by atoms with Gasteiger partial charge in [-0.15, -0.1) is 6.58 Å². The number of allylic oxidation sites excluding steroid dienone is 1. The fourth-order valence-corrected chi connectivity index (χ4v) is 1.89. The summed E-state index contributed by atoms with van der Waals surface area (Å²) in [5, 5.41) is 0. The van der Waals surface area contributed by atoms with E-state index < -0.39 is 0 Å². The molecule has 1 aromatic carbocycles. The molecule has 0 N–H and O–H groups in total. The zero-order valence-electron chi connectivity index (χ0n) is 8.92. The molecule has 1 aromatic rings. The van der Waals surface area contributed by atoms with Crippen molar-refractivity contribution in [2.24, 2.45) is 0 Å². The number of ketones is 1. The molecule has 0 saturated heterocycles. The van der Waals surface area contributed by atoms with Gasteiger partial charge in [-0.1, -0.05) is 24.3 Å². The Morgan fingerprint density at radius 1 is 1.53 bits per heavy atom. The van der Waals surface area contributed by atoms with Crippen molar-refractivity contribution in [2.45, 2.75) is 26.2 Å². The zero-order valence-corrected chi connectivity index (χ0v) is 10.5. The number of carbonyl (C=O) groups is 1. The third-order valence-electron chi connectivity index (χ3n) is 2.30. The molecule has 1 rings (SSSR count). The topological polar surface area (TPSA) is 17.1 Å². The van der Waals surface area contributed by atoms with Gasteiger partial charge in [0.1, 0.15) is 0 Å². The smallest absolute Gasteiger partial charge is 0.164 e. The Labute approximate surface area is 99.3 Å². The highest BCUT2D eigenvalue weighted by molar-refractivity contribution is 9.10. The van der Waals surface area contributed by atoms with E-state index in [2.05, 4.69) is 22.5 Å². The van der Waals surface area contributed by atoms with E-state index in [1.807, 2.05) is 31.2 Å². The van der Waals surface area contributed by atoms with Crippen LogP contribution < -0.4 is 0 Å². The number of hydrogen-bond donors (Lipinski definition) is 0. The molecule has 15 heavy (non-hydrogen) atoms. The minimum atomic E-state index is 0.201. The van der Waals surface area contributed by atoms with Crippen molar-refractivity contribution < 1.29 is 4.79 Å². The van der Waals surface area contributed by atoms with Crippen molar-refractivity contribution >= 4 is 21.7 Å². The minimum absolute atomic E-state index is 0.201. The number of carbonyl (C=O) groups excluding carboxylic acids is 1. The van der Waals surface area contributed by atoms with Gasteiger partial charge in [-0.25, -0.2) is 0 Å². The Balaban J connectivity index is 2.73. The highest BCUT2D eigenvalue weighted by atomic mass is 79.9. The van der Waals surface area contributed by atoms with Crippen molar-refractivity contribution in [1.82, 2.24) is 0 Å². The van der Waals surface area contributed by atoms with E-state index in [4.69, 9.17) is 0 Å². The average molecular weight is 267 g/mol. The molecule has 80 valence electrons. The molecule has 0 spiro atoms. The maximum Gasteiger partial charge on any atom is 0.164 e. The van der Waals surface area contributed by atoms with E-state index in [1.54, 1.807) is 0 Å². The molecule has 2 heteroatoms. The second-order valence-electron chi connectivity index (χ2n) is 3.54. The van der Waals surface area contributed by atoms with E-state index in [0.717, 1.165) is 28.4 Å². The fraction of sp³-hybridized carbons (Fsp3) is 0.308. The summed E-state index contributed by atoms with van der Waals surface area (Å²) >= 11 is 3.45. The molecule has 0 amide bonds. The predicted octanol–water partition coefficient (Wildman–Crippen LogP) is 4.30. The molecular weight excluding hydrogens is 252 g/mol. The van der Waals surface area contributed by atoms with Crippen molar-refractivity contribution in [1.29, 1.82) is 0 Å². The largest absolute Gasteiger partial charge is 0.294 e. The Morgan fingerprint density at radius 3 is 2.93 bits per heavy atom. The van der Waals surface area contributed by atoms with Crippen LogP contribution in [0.1, 0.15) is 35.2 Å². The maximum atomic E-state index is 11.8. The number of benzene rings is 1. The lowest BCUT2D eigenvalue weighted by Crippen LogP contribution is -2.00. The summed E-state index contributed by atoms with van der Waals surface area (Å²) in [6.45, 7) is 5.63. The maximum absolute atomic E-state index is 11.8. The van der Waals surface area contributed by atoms with E-state index in [9.17, 15) is 4.79 Å². The van der Waals surface area contributed by atoms with Gasteiger partial charge in [0.05, 0.1) is 0 Å². The van der Waals surface area contributed by atoms with E-state index in [-0.39, 0.29) is 5.78 Å². The monoisotopic (exact) mass is 266 g/mol. The van der Waals surface area contributed by atoms with Gasteiger partial charge in [0, 0.05) is 16.5 Å². The third-order valence-corrected chi connectivity index (χ3v) is 3.36. The van der Waals surface area contributed by atoms with Gasteiger partial charge in [0.25, 0.3) is 0 Å². The number of unbranched alkanes of at least 4 members (excludes halogenated alkanes) is 1. The Kier molecular flexibility index (Phi) is 4.76. The lowest BCUT2D eigenvalue weighted by Gasteiger charge is -2.05. The van der Waals surface area contributed by atoms with Crippen LogP contribution in [0.4, 0.5) is 0 Å². The SMILES string of the molecule is C=CCCCC(=O)c1cccc(C)c1Br. The first-order valence-corrected chi connectivity index (χ1v) is 5.85. The van der Waals surface area contributed by atoms with E-state index >= 15 is 0 Å². The number of Topliss-reactive ketones (excluding diaryl/α,β-unsaturated/α-hetero) is 1. The average Bonchev–Trinajstić information content (AvgIpc) is 2.22. The van der Waals surface area contributed by atoms with Crippen LogP contribution in [0.25, 0.3) is 0 Å². The highest BCUT2D eigenvalue weighted by Gasteiger charge is 2.10. The molecule has 0 aromatic heterocycles. The predicted molar refractivity (Wildman–Crippen MR) is 67.3 cm³/mol. The summed E-state index contributed by atoms with van der Waals surface area (Å²) in [6, 6.07) is 5.78. The molecule has 0 atom stereocenters. The number of hydrogen-bond acceptors (Lipinski definition) is 1. The molecule has 0 aliphatic carbocycles. The Morgan fingerprint density at radius 2 is 2.27 bits per heavy atom. The van der Waals surface area contributed by atoms with Gasteiger partial charge in [-0.3, -0.25) is 4.79 Å². The van der Waals surface area contributed by atoms with Gasteiger partial charge in [-0.2, -0.15) is 0 Å². The van der Waals surface area contributed by atoms with Crippen LogP contribution in [0.15, 0.2) is 35.3 Å². The normalized spacial score (nSPS) is 10.0. The quantitative estimate of drug-likeness (QED) is 0.441. The van der Waals surface area contributed by atoms with Crippen LogP contribution >= 0.6 is 15.9 Å². The summed E-state index contributed by atoms with van der Waals surface area (Å²) in [6.07, 6.45) is 4.21. The molecule has 1 nitrogen and oxygen atoms in total. The van der Waals surface area contributed by atoms with Crippen LogP contribution in [-0.2, 0) is 0 Å². The molecular formula is C13H15BrO. The van der Waals surface area contributed by atoms with E-state index in [1.165, 1.54) is 0 Å². The van der Waals surface area contributed by atoms with Crippen LogP contribution in [0, 0.1) is 6.92 Å². The summed E-state index contributed by atoms with van der Waals surface area (Å²) in [7, 11) is 0. The highest BCUT2D eigenvalue weighted by Crippen LogP contribution is 2.22. The first-order chi connectivity index (χ1) is 7.16. The van der Waals surface area contributed by atoms with Crippen molar-refractivity contribution in [3.05, 3.63) is 46.5 Å². The van der Waals surface area contributed by atoms with E-state index in [0.29, 0.717) is 6.42 Å². The third kappa shape index (κ3) is 3.31. The zero-order chi connectivity index (χ0) is 11.3. The summed E-state index contributed by atoms with van der Waals surface area (Å²) in [4.78, 5) is 11.8. The van der Waals surface area contributed by atoms with Crippen LogP contribution in [0.3, 0.4) is 0 Å². The van der Waals surface area contributed by atoms with Crippen LogP contribution in [0.2, 0.25) is 0 Å². The van der Waals surface area contributed by atoms with Gasteiger partial charge in [-0.05, 0) is 41.3 Å². The van der Waals surface area contributed by atoms with Gasteiger partial charge >= 0.3 is 0 Å². The first-order valence-electron chi connectivity index (χ1n) is 5.06. The Bertz CT molecular complexity index is 369. The molecule has 0 saturated carbocycles. The molecule has 0 radical (unpaired) electrons. The van der Waals surface area contributed by atoms with Crippen molar-refractivity contribution in [3.8, 4) is 0 Å². The molecule has 0 unspecified atom stereocenters. The molecule has 0 bridgehead atoms. The molecule has 0 heterocycles. The molecule has 0 aliphatic heterocycles. The van der Waals surface area contributed by atoms with Gasteiger partial charge in [0.15, 0.2) is 5.78 Å². The number of rotatable bonds is 5. The fourth-order valence-electron chi connectivity index (χ4n) is 1.40. The number of aryl methyl sites for hydroxylation is 1. The number of halogens is 1. The van der Waals surface area contributed by atoms with Crippen molar-refractivity contribution in [3.63, 3.8) is 0 Å². The lowest BCUT2D eigenvalue weighted by atomic mass is 10.0. The summed E-state index contributed by atoms with van der Waals surface area (Å²) < 4.78 is 0.925. The minimum Gasteiger partial charge on any atom is -0.294 e. The standard InChI is InChI=1S/C13H15BrO/c1-3-4-5-9-12(15)11-8-6-7-10(2)13(11)14/h3,6-8H,1,4-5,9H2,2H3. The molecule has 0 aliphatic rings. The van der Waals surface area contributed by atoms with Crippen molar-refractivity contribution in [2.75, 3.05) is 0 Å². The summed E-state index contributed by atoms with van der Waals surface area (Å²) in [5.41, 5.74) is 1.89. The molecule has 0 fully saturated rings. The first kappa shape index (κ1) is 12.2. The van der Waals surface area contributed by atoms with Crippen LogP contribution in [0.5, 0.6) is 0 Å². The lowest BCUT2D eigenvalue weighted by molar-refractivity contribution is 0.0979.